The van der Waals surface area contributed by atoms with Crippen LogP contribution in [-0.4, -0.2) is 35.0 Å². The summed E-state index contributed by atoms with van der Waals surface area (Å²) in [6.07, 6.45) is 0.466. The maximum Gasteiger partial charge on any atom is 0.272 e. The van der Waals surface area contributed by atoms with Crippen LogP contribution >= 0.6 is 0 Å². The van der Waals surface area contributed by atoms with Crippen molar-refractivity contribution in [2.24, 2.45) is 7.05 Å². The summed E-state index contributed by atoms with van der Waals surface area (Å²) in [5.41, 5.74) is 4.87. The van der Waals surface area contributed by atoms with Crippen LogP contribution in [0.1, 0.15) is 44.0 Å². The van der Waals surface area contributed by atoms with Gasteiger partial charge >= 0.3 is 0 Å². The fourth-order valence-corrected chi connectivity index (χ4v) is 6.35. The maximum absolute atomic E-state index is 13.5. The molecule has 3 aromatic rings. The smallest absolute Gasteiger partial charge is 0.272 e. The highest BCUT2D eigenvalue weighted by atomic mass is 32.2. The molecule has 0 unspecified atom stereocenters. The Morgan fingerprint density at radius 2 is 1.76 bits per heavy atom. The highest BCUT2D eigenvalue weighted by molar-refractivity contribution is 7.89. The van der Waals surface area contributed by atoms with Gasteiger partial charge in [-0.1, -0.05) is 29.8 Å². The van der Waals surface area contributed by atoms with Gasteiger partial charge in [0.25, 0.3) is 5.91 Å². The molecule has 0 saturated heterocycles. The monoisotopic (exact) mass is 470 g/mol. The molecule has 0 bridgehead atoms. The summed E-state index contributed by atoms with van der Waals surface area (Å²) >= 11 is 0. The molecule has 0 radical (unpaired) electrons. The molecule has 1 amide bonds. The van der Waals surface area contributed by atoms with E-state index >= 15 is 0 Å². The molecule has 4 rings (SSSR count). The number of aryl methyl sites for hydroxylation is 4. The molecule has 9 heteroatoms. The number of nitrogens with one attached hydrogen (secondary N) is 1. The third kappa shape index (κ3) is 4.43. The number of sulfonamides is 1. The zero-order valence-corrected chi connectivity index (χ0v) is 20.0. The molecule has 7 nitrogen and oxygen atoms in total. The third-order valence-electron chi connectivity index (χ3n) is 5.99. The number of nitrogens with zero attached hydrogens (tertiary/aromatic N) is 3. The number of rotatable bonds is 5. The van der Waals surface area contributed by atoms with Gasteiger partial charge in [-0.15, -0.1) is 0 Å². The second kappa shape index (κ2) is 8.72. The van der Waals surface area contributed by atoms with E-state index in [4.69, 9.17) is 0 Å². The van der Waals surface area contributed by atoms with Crippen molar-refractivity contribution in [3.63, 3.8) is 0 Å². The van der Waals surface area contributed by atoms with Crippen LogP contribution in [0.3, 0.4) is 0 Å². The molecular formula is C24H27FN4O3S. The highest BCUT2D eigenvalue weighted by Crippen LogP contribution is 2.30. The number of fused-ring (bicyclic) bond motifs is 1. The Hall–Kier alpha value is -3.04. The molecular weight excluding hydrogens is 443 g/mol. The van der Waals surface area contributed by atoms with Crippen LogP contribution in [0.4, 0.5) is 4.39 Å². The van der Waals surface area contributed by atoms with Crippen molar-refractivity contribution < 1.29 is 17.6 Å². The summed E-state index contributed by atoms with van der Waals surface area (Å²) in [5.74, 6) is -0.734. The number of hydrogen-bond acceptors (Lipinski definition) is 4. The minimum Gasteiger partial charge on any atom is -0.347 e. The van der Waals surface area contributed by atoms with E-state index in [-0.39, 0.29) is 24.6 Å². The van der Waals surface area contributed by atoms with Gasteiger partial charge in [0.15, 0.2) is 5.69 Å². The highest BCUT2D eigenvalue weighted by Gasteiger charge is 2.35. The van der Waals surface area contributed by atoms with Gasteiger partial charge in [0, 0.05) is 44.4 Å². The summed E-state index contributed by atoms with van der Waals surface area (Å²) in [7, 11) is -1.99. The van der Waals surface area contributed by atoms with Gasteiger partial charge in [0.05, 0.1) is 4.90 Å². The minimum absolute atomic E-state index is 0.0809. The lowest BCUT2D eigenvalue weighted by Gasteiger charge is -2.28. The minimum atomic E-state index is -3.75. The number of halogens is 1. The maximum atomic E-state index is 13.5. The molecule has 0 saturated carbocycles. The Balaban J connectivity index is 1.60. The fourth-order valence-electron chi connectivity index (χ4n) is 4.53. The second-order valence-corrected chi connectivity index (χ2v) is 10.4. The van der Waals surface area contributed by atoms with Gasteiger partial charge < -0.3 is 5.32 Å². The van der Waals surface area contributed by atoms with E-state index in [1.807, 2.05) is 19.1 Å². The Bertz CT molecular complexity index is 1310. The Labute approximate surface area is 193 Å². The molecule has 0 aliphatic carbocycles. The zero-order valence-electron chi connectivity index (χ0n) is 19.1. The molecule has 1 N–H and O–H groups in total. The summed E-state index contributed by atoms with van der Waals surface area (Å²) in [6, 6.07) is 9.61. The molecule has 1 aromatic heterocycles. The predicted molar refractivity (Wildman–Crippen MR) is 123 cm³/mol. The normalized spacial score (nSPS) is 14.2. The van der Waals surface area contributed by atoms with E-state index in [9.17, 15) is 17.6 Å². The lowest BCUT2D eigenvalue weighted by atomic mass is 10.1. The van der Waals surface area contributed by atoms with Crippen molar-refractivity contribution in [1.29, 1.82) is 0 Å². The standard InChI is InChI=1S/C24H27FN4O3S/c1-15-11-16(2)23(17(3)12-15)33(31,32)29-10-9-21-20(14-29)22(27-28(21)4)24(30)26-13-18-5-7-19(25)8-6-18/h5-8,11-12H,9-10,13-14H2,1-4H3,(H,26,30). The molecule has 0 fully saturated rings. The Morgan fingerprint density at radius 1 is 1.12 bits per heavy atom. The summed E-state index contributed by atoms with van der Waals surface area (Å²) in [6.45, 7) is 6.17. The average Bonchev–Trinajstić information content (AvgIpc) is 3.08. The van der Waals surface area contributed by atoms with E-state index in [0.717, 1.165) is 16.8 Å². The van der Waals surface area contributed by atoms with Crippen LogP contribution in [0.25, 0.3) is 0 Å². The quantitative estimate of drug-likeness (QED) is 0.621. The van der Waals surface area contributed by atoms with Crippen LogP contribution in [0.15, 0.2) is 41.3 Å². The largest absolute Gasteiger partial charge is 0.347 e. The molecule has 1 aliphatic rings. The van der Waals surface area contributed by atoms with E-state index < -0.39 is 15.9 Å². The van der Waals surface area contributed by atoms with Crippen molar-refractivity contribution in [2.45, 2.75) is 45.2 Å². The molecule has 0 spiro atoms. The van der Waals surface area contributed by atoms with Crippen molar-refractivity contribution >= 4 is 15.9 Å². The van der Waals surface area contributed by atoms with E-state index in [1.54, 1.807) is 37.7 Å². The first-order chi connectivity index (χ1) is 15.6. The summed E-state index contributed by atoms with van der Waals surface area (Å²) in [4.78, 5) is 13.2. The predicted octanol–water partition coefficient (Wildman–Crippen LogP) is 3.16. The van der Waals surface area contributed by atoms with E-state index in [0.29, 0.717) is 34.6 Å². The Kier molecular flexibility index (Phi) is 6.11. The summed E-state index contributed by atoms with van der Waals surface area (Å²) < 4.78 is 43.3. The van der Waals surface area contributed by atoms with Crippen molar-refractivity contribution in [1.82, 2.24) is 19.4 Å². The zero-order chi connectivity index (χ0) is 23.9. The second-order valence-electron chi connectivity index (χ2n) is 8.52. The number of aromatic nitrogens is 2. The molecule has 174 valence electrons. The first kappa shape index (κ1) is 23.1. The Morgan fingerprint density at radius 3 is 2.39 bits per heavy atom. The number of benzene rings is 2. The van der Waals surface area contributed by atoms with Gasteiger partial charge in [-0.3, -0.25) is 9.48 Å². The van der Waals surface area contributed by atoms with Gasteiger partial charge in [-0.25, -0.2) is 12.8 Å². The van der Waals surface area contributed by atoms with Gasteiger partial charge in [-0.2, -0.15) is 9.40 Å². The van der Waals surface area contributed by atoms with Gasteiger partial charge in [0.2, 0.25) is 10.0 Å². The van der Waals surface area contributed by atoms with Gasteiger partial charge in [0.1, 0.15) is 5.82 Å². The SMILES string of the molecule is Cc1cc(C)c(S(=O)(=O)N2CCc3c(c(C(=O)NCc4ccc(F)cc4)nn3C)C2)c(C)c1. The molecule has 33 heavy (non-hydrogen) atoms. The average molecular weight is 471 g/mol. The van der Waals surface area contributed by atoms with E-state index in [2.05, 4.69) is 10.4 Å². The summed E-state index contributed by atoms with van der Waals surface area (Å²) in [5, 5.41) is 7.18. The first-order valence-electron chi connectivity index (χ1n) is 10.7. The molecule has 2 heterocycles. The molecule has 1 aliphatic heterocycles. The number of amides is 1. The van der Waals surface area contributed by atoms with Crippen molar-refractivity contribution in [3.05, 3.63) is 81.4 Å². The van der Waals surface area contributed by atoms with Crippen LogP contribution < -0.4 is 5.32 Å². The van der Waals surface area contributed by atoms with Crippen molar-refractivity contribution in [2.75, 3.05) is 6.54 Å². The number of hydrogen-bond donors (Lipinski definition) is 1. The molecule has 2 aromatic carbocycles. The lowest BCUT2D eigenvalue weighted by molar-refractivity contribution is 0.0943. The van der Waals surface area contributed by atoms with Gasteiger partial charge in [-0.05, 0) is 49.6 Å². The number of carbonyl (C=O) groups excluding carboxylic acids is 1. The third-order valence-corrected chi connectivity index (χ3v) is 8.14. The topological polar surface area (TPSA) is 84.3 Å². The van der Waals surface area contributed by atoms with E-state index in [1.165, 1.54) is 16.4 Å². The van der Waals surface area contributed by atoms with Crippen molar-refractivity contribution in [3.8, 4) is 0 Å². The lowest BCUT2D eigenvalue weighted by Crippen LogP contribution is -2.37. The molecule has 0 atom stereocenters. The first-order valence-corrected chi connectivity index (χ1v) is 12.2. The van der Waals surface area contributed by atoms with Crippen LogP contribution in [-0.2, 0) is 36.6 Å². The number of carbonyl (C=O) groups is 1. The van der Waals surface area contributed by atoms with Crippen LogP contribution in [0.2, 0.25) is 0 Å². The van der Waals surface area contributed by atoms with Crippen LogP contribution in [0, 0.1) is 26.6 Å². The van der Waals surface area contributed by atoms with Crippen LogP contribution in [0.5, 0.6) is 0 Å². The fraction of sp³-hybridized carbons (Fsp3) is 0.333.